The maximum atomic E-state index is 13.8. The summed E-state index contributed by atoms with van der Waals surface area (Å²) >= 11 is 1.31. The van der Waals surface area contributed by atoms with Crippen molar-refractivity contribution in [1.29, 1.82) is 5.26 Å². The minimum absolute atomic E-state index is 0.241. The zero-order valence-electron chi connectivity index (χ0n) is 16.4. The molecular weight excluding hydrogens is 413 g/mol. The molecule has 0 aliphatic carbocycles. The average Bonchev–Trinajstić information content (AvgIpc) is 3.16. The molecule has 1 atom stereocenters. The summed E-state index contributed by atoms with van der Waals surface area (Å²) in [6.45, 7) is 11.1. The smallest absolute Gasteiger partial charge is 0.421 e. The number of hydrogen-bond acceptors (Lipinski definition) is 5. The molecule has 1 unspecified atom stereocenters. The largest absolute Gasteiger partial charge is 0.496 e. The summed E-state index contributed by atoms with van der Waals surface area (Å²) < 4.78 is 46.9. The predicted octanol–water partition coefficient (Wildman–Crippen LogP) is 5.53. The normalized spacial score (nSPS) is 16.7. The number of nitriles is 1. The SMILES string of the molecule is [C-]#[N+]C1=C(C(F)(F)F)NC(CC)=C(c2nc(C)cs2)C1c1ccc(C#N)cc1OC. The van der Waals surface area contributed by atoms with Crippen molar-refractivity contribution in [3.8, 4) is 11.8 Å². The highest BCUT2D eigenvalue weighted by Gasteiger charge is 2.45. The molecule has 0 bridgehead atoms. The van der Waals surface area contributed by atoms with Crippen LogP contribution in [-0.2, 0) is 0 Å². The highest BCUT2D eigenvalue weighted by atomic mass is 32.1. The molecule has 5 nitrogen and oxygen atoms in total. The number of rotatable bonds is 4. The van der Waals surface area contributed by atoms with Crippen LogP contribution < -0.4 is 10.1 Å². The van der Waals surface area contributed by atoms with Crippen LogP contribution in [0.1, 0.15) is 41.1 Å². The van der Waals surface area contributed by atoms with Crippen molar-refractivity contribution in [2.45, 2.75) is 32.4 Å². The molecule has 2 aromatic rings. The van der Waals surface area contributed by atoms with Crippen LogP contribution >= 0.6 is 11.3 Å². The van der Waals surface area contributed by atoms with Gasteiger partial charge in [0.15, 0.2) is 0 Å². The summed E-state index contributed by atoms with van der Waals surface area (Å²) in [5.41, 5.74) is 0.713. The minimum Gasteiger partial charge on any atom is -0.496 e. The number of dihydropyridines is 1. The van der Waals surface area contributed by atoms with Gasteiger partial charge in [0.1, 0.15) is 16.5 Å². The molecule has 1 aliphatic rings. The zero-order chi connectivity index (χ0) is 22.1. The zero-order valence-corrected chi connectivity index (χ0v) is 17.2. The van der Waals surface area contributed by atoms with Gasteiger partial charge in [-0.1, -0.05) is 13.0 Å². The van der Waals surface area contributed by atoms with Gasteiger partial charge in [0, 0.05) is 22.3 Å². The van der Waals surface area contributed by atoms with E-state index < -0.39 is 23.5 Å². The first-order valence-corrected chi connectivity index (χ1v) is 9.82. The maximum Gasteiger partial charge on any atom is 0.421 e. The number of methoxy groups -OCH3 is 1. The van der Waals surface area contributed by atoms with Crippen molar-refractivity contribution in [1.82, 2.24) is 10.3 Å². The van der Waals surface area contributed by atoms with Gasteiger partial charge in [-0.25, -0.2) is 9.83 Å². The monoisotopic (exact) mass is 430 g/mol. The summed E-state index contributed by atoms with van der Waals surface area (Å²) in [5, 5.41) is 14.0. The first-order valence-electron chi connectivity index (χ1n) is 8.94. The molecule has 2 heterocycles. The fraction of sp³-hybridized carbons (Fsp3) is 0.286. The standard InChI is InChI=1S/C21H17F3N4OS/c1-5-14-17(20-27-11(2)10-30-20)16(18(26-3)19(28-14)21(22,23)24)13-7-6-12(9-25)8-15(13)29-4/h6-8,10,16,28H,5H2,1-2,4H3. The summed E-state index contributed by atoms with van der Waals surface area (Å²) in [5.74, 6) is -0.798. The van der Waals surface area contributed by atoms with Gasteiger partial charge >= 0.3 is 6.18 Å². The molecule has 0 saturated carbocycles. The third-order valence-electron chi connectivity index (χ3n) is 4.70. The van der Waals surface area contributed by atoms with Crippen LogP contribution in [0.25, 0.3) is 10.4 Å². The minimum atomic E-state index is -4.73. The highest BCUT2D eigenvalue weighted by Crippen LogP contribution is 2.50. The first-order chi connectivity index (χ1) is 14.2. The molecular formula is C21H17F3N4OS. The molecule has 0 spiro atoms. The van der Waals surface area contributed by atoms with E-state index in [9.17, 15) is 18.4 Å². The third kappa shape index (κ3) is 3.77. The second-order valence-corrected chi connectivity index (χ2v) is 7.39. The van der Waals surface area contributed by atoms with Gasteiger partial charge in [-0.05, 0) is 31.0 Å². The Labute approximate surface area is 175 Å². The molecule has 154 valence electrons. The van der Waals surface area contributed by atoms with Crippen LogP contribution in [-0.4, -0.2) is 18.3 Å². The van der Waals surface area contributed by atoms with Crippen LogP contribution in [0.15, 0.2) is 40.7 Å². The average molecular weight is 430 g/mol. The number of benzene rings is 1. The topological polar surface area (TPSA) is 62.3 Å². The Bertz CT molecular complexity index is 1130. The molecule has 1 aromatic carbocycles. The molecule has 0 radical (unpaired) electrons. The molecule has 1 aliphatic heterocycles. The van der Waals surface area contributed by atoms with E-state index in [2.05, 4.69) is 15.1 Å². The molecule has 30 heavy (non-hydrogen) atoms. The maximum absolute atomic E-state index is 13.8. The van der Waals surface area contributed by atoms with Gasteiger partial charge < -0.3 is 10.1 Å². The van der Waals surface area contributed by atoms with E-state index >= 15 is 0 Å². The van der Waals surface area contributed by atoms with Crippen LogP contribution in [0.3, 0.4) is 0 Å². The number of nitrogens with one attached hydrogen (secondary N) is 1. The lowest BCUT2D eigenvalue weighted by molar-refractivity contribution is -0.0969. The van der Waals surface area contributed by atoms with Crippen molar-refractivity contribution in [3.05, 3.63) is 73.9 Å². The summed E-state index contributed by atoms with van der Waals surface area (Å²) in [4.78, 5) is 7.77. The number of allylic oxidation sites excluding steroid dienone is 3. The van der Waals surface area contributed by atoms with E-state index in [1.807, 2.05) is 11.4 Å². The van der Waals surface area contributed by atoms with Gasteiger partial charge in [-0.15, -0.1) is 11.3 Å². The van der Waals surface area contributed by atoms with Gasteiger partial charge in [-0.3, -0.25) is 0 Å². The predicted molar refractivity (Wildman–Crippen MR) is 107 cm³/mol. The molecule has 9 heteroatoms. The Morgan fingerprint density at radius 1 is 1.40 bits per heavy atom. The van der Waals surface area contributed by atoms with E-state index in [0.29, 0.717) is 27.4 Å². The number of aromatic nitrogens is 1. The van der Waals surface area contributed by atoms with Crippen LogP contribution in [0.4, 0.5) is 13.2 Å². The Morgan fingerprint density at radius 3 is 2.63 bits per heavy atom. The van der Waals surface area contributed by atoms with E-state index in [1.165, 1.54) is 30.6 Å². The lowest BCUT2D eigenvalue weighted by Crippen LogP contribution is -2.33. The number of alkyl halides is 3. The number of halogens is 3. The van der Waals surface area contributed by atoms with Crippen molar-refractivity contribution in [2.75, 3.05) is 7.11 Å². The first kappa shape index (κ1) is 21.4. The Kier molecular flexibility index (Phi) is 5.86. The van der Waals surface area contributed by atoms with Crippen LogP contribution in [0.2, 0.25) is 0 Å². The quantitative estimate of drug-likeness (QED) is 0.648. The fourth-order valence-electron chi connectivity index (χ4n) is 3.41. The van der Waals surface area contributed by atoms with Crippen molar-refractivity contribution >= 4 is 16.9 Å². The summed E-state index contributed by atoms with van der Waals surface area (Å²) in [6.07, 6.45) is -4.45. The number of thiazole rings is 1. The van der Waals surface area contributed by atoms with Gasteiger partial charge in [0.2, 0.25) is 5.70 Å². The lowest BCUT2D eigenvalue weighted by atomic mass is 9.82. The molecule has 0 fully saturated rings. The Morgan fingerprint density at radius 2 is 2.13 bits per heavy atom. The van der Waals surface area contributed by atoms with E-state index in [4.69, 9.17) is 11.3 Å². The highest BCUT2D eigenvalue weighted by molar-refractivity contribution is 7.10. The van der Waals surface area contributed by atoms with Crippen LogP contribution in [0, 0.1) is 24.8 Å². The van der Waals surface area contributed by atoms with Crippen molar-refractivity contribution < 1.29 is 17.9 Å². The second kappa shape index (κ2) is 8.21. The van der Waals surface area contributed by atoms with E-state index in [1.54, 1.807) is 19.9 Å². The Hall–Kier alpha value is -3.30. The summed E-state index contributed by atoms with van der Waals surface area (Å²) in [7, 11) is 1.38. The van der Waals surface area contributed by atoms with Gasteiger partial charge in [0.25, 0.3) is 0 Å². The summed E-state index contributed by atoms with van der Waals surface area (Å²) in [6, 6.07) is 6.50. The van der Waals surface area contributed by atoms with E-state index in [-0.39, 0.29) is 12.2 Å². The fourth-order valence-corrected chi connectivity index (χ4v) is 4.30. The number of ether oxygens (including phenoxy) is 1. The molecule has 3 rings (SSSR count). The second-order valence-electron chi connectivity index (χ2n) is 6.54. The van der Waals surface area contributed by atoms with Gasteiger partial charge in [-0.2, -0.15) is 18.4 Å². The molecule has 0 saturated heterocycles. The van der Waals surface area contributed by atoms with Gasteiger partial charge in [0.05, 0.1) is 31.2 Å². The van der Waals surface area contributed by atoms with Crippen molar-refractivity contribution in [2.24, 2.45) is 0 Å². The van der Waals surface area contributed by atoms with Crippen molar-refractivity contribution in [3.63, 3.8) is 0 Å². The Balaban J connectivity index is 2.38. The third-order valence-corrected chi connectivity index (χ3v) is 5.69. The number of aryl methyl sites for hydroxylation is 1. The molecule has 1 aromatic heterocycles. The number of hydrogen-bond donors (Lipinski definition) is 1. The molecule has 1 N–H and O–H groups in total. The molecule has 0 amide bonds. The number of nitrogens with zero attached hydrogens (tertiary/aromatic N) is 3. The lowest BCUT2D eigenvalue weighted by Gasteiger charge is -2.32. The van der Waals surface area contributed by atoms with E-state index in [0.717, 1.165) is 5.69 Å². The van der Waals surface area contributed by atoms with Crippen LogP contribution in [0.5, 0.6) is 5.75 Å².